The van der Waals surface area contributed by atoms with Crippen molar-refractivity contribution in [2.24, 2.45) is 11.1 Å². The van der Waals surface area contributed by atoms with Crippen LogP contribution in [0, 0.1) is 5.41 Å². The number of ether oxygens (including phenoxy) is 1. The van der Waals surface area contributed by atoms with Crippen LogP contribution in [-0.4, -0.2) is 31.2 Å². The Hall–Kier alpha value is -0.610. The summed E-state index contributed by atoms with van der Waals surface area (Å²) in [4.78, 5) is 11.6. The van der Waals surface area contributed by atoms with Gasteiger partial charge in [0.2, 0.25) is 5.91 Å². The molecule has 0 aromatic rings. The van der Waals surface area contributed by atoms with E-state index in [1.807, 2.05) is 0 Å². The van der Waals surface area contributed by atoms with Crippen molar-refractivity contribution < 1.29 is 9.53 Å². The highest BCUT2D eigenvalue weighted by atomic mass is 16.5. The average molecular weight is 242 g/mol. The first-order chi connectivity index (χ1) is 7.87. The number of hydrogen-bond donors (Lipinski definition) is 2. The lowest BCUT2D eigenvalue weighted by atomic mass is 9.88. The van der Waals surface area contributed by atoms with Gasteiger partial charge in [0.15, 0.2) is 0 Å². The van der Waals surface area contributed by atoms with Gasteiger partial charge < -0.3 is 15.8 Å². The van der Waals surface area contributed by atoms with Crippen LogP contribution in [0.25, 0.3) is 0 Å². The van der Waals surface area contributed by atoms with Crippen molar-refractivity contribution in [3.63, 3.8) is 0 Å². The van der Waals surface area contributed by atoms with E-state index < -0.39 is 0 Å². The average Bonchev–Trinajstić information content (AvgIpc) is 2.64. The van der Waals surface area contributed by atoms with Gasteiger partial charge in [0, 0.05) is 19.2 Å². The van der Waals surface area contributed by atoms with Crippen molar-refractivity contribution in [3.05, 3.63) is 0 Å². The van der Waals surface area contributed by atoms with Crippen LogP contribution in [0.2, 0.25) is 0 Å². The van der Waals surface area contributed by atoms with E-state index in [-0.39, 0.29) is 23.5 Å². The largest absolute Gasteiger partial charge is 0.378 e. The quantitative estimate of drug-likeness (QED) is 0.766. The van der Waals surface area contributed by atoms with Gasteiger partial charge in [-0.1, -0.05) is 20.8 Å². The summed E-state index contributed by atoms with van der Waals surface area (Å²) in [5.41, 5.74) is 6.18. The number of nitrogens with one attached hydrogen (secondary N) is 1. The standard InChI is InChI=1S/C13H26N2O2/c1-13(2,3)8-10(14)9-15-12(16)7-11-5-4-6-17-11/h10-11H,4-9,14H2,1-3H3,(H,15,16). The Labute approximate surface area is 104 Å². The predicted molar refractivity (Wildman–Crippen MR) is 68.6 cm³/mol. The maximum absolute atomic E-state index is 11.6. The van der Waals surface area contributed by atoms with Crippen molar-refractivity contribution in [1.82, 2.24) is 5.32 Å². The number of amides is 1. The van der Waals surface area contributed by atoms with Crippen LogP contribution in [-0.2, 0) is 9.53 Å². The van der Waals surface area contributed by atoms with Crippen LogP contribution < -0.4 is 11.1 Å². The van der Waals surface area contributed by atoms with Crippen LogP contribution in [0.4, 0.5) is 0 Å². The Morgan fingerprint density at radius 2 is 2.24 bits per heavy atom. The number of carbonyl (C=O) groups is 1. The fraction of sp³-hybridized carbons (Fsp3) is 0.923. The van der Waals surface area contributed by atoms with Gasteiger partial charge >= 0.3 is 0 Å². The summed E-state index contributed by atoms with van der Waals surface area (Å²) < 4.78 is 5.42. The highest BCUT2D eigenvalue weighted by molar-refractivity contribution is 5.76. The Morgan fingerprint density at radius 1 is 1.53 bits per heavy atom. The van der Waals surface area contributed by atoms with E-state index in [0.29, 0.717) is 13.0 Å². The predicted octanol–water partition coefficient (Wildman–Crippen LogP) is 1.44. The van der Waals surface area contributed by atoms with Gasteiger partial charge in [0.25, 0.3) is 0 Å². The fourth-order valence-corrected chi connectivity index (χ4v) is 2.19. The molecular formula is C13H26N2O2. The molecule has 1 fully saturated rings. The molecule has 4 nitrogen and oxygen atoms in total. The summed E-state index contributed by atoms with van der Waals surface area (Å²) in [7, 11) is 0. The Balaban J connectivity index is 2.14. The third kappa shape index (κ3) is 6.64. The topological polar surface area (TPSA) is 64.3 Å². The highest BCUT2D eigenvalue weighted by Crippen LogP contribution is 2.19. The summed E-state index contributed by atoms with van der Waals surface area (Å²) in [6, 6.07) is 0.0310. The van der Waals surface area contributed by atoms with E-state index in [0.717, 1.165) is 25.9 Å². The smallest absolute Gasteiger partial charge is 0.222 e. The molecule has 1 rings (SSSR count). The minimum absolute atomic E-state index is 0.0310. The van der Waals surface area contributed by atoms with Crippen molar-refractivity contribution in [1.29, 1.82) is 0 Å². The van der Waals surface area contributed by atoms with Gasteiger partial charge in [-0.2, -0.15) is 0 Å². The molecule has 2 unspecified atom stereocenters. The molecule has 1 aliphatic rings. The molecule has 0 saturated carbocycles. The first kappa shape index (κ1) is 14.5. The van der Waals surface area contributed by atoms with Crippen molar-refractivity contribution in [2.75, 3.05) is 13.2 Å². The zero-order valence-corrected chi connectivity index (χ0v) is 11.3. The van der Waals surface area contributed by atoms with Crippen molar-refractivity contribution in [2.45, 2.75) is 58.6 Å². The van der Waals surface area contributed by atoms with Gasteiger partial charge in [0.1, 0.15) is 0 Å². The van der Waals surface area contributed by atoms with Gasteiger partial charge in [0.05, 0.1) is 12.5 Å². The number of rotatable bonds is 5. The summed E-state index contributed by atoms with van der Waals surface area (Å²) in [6.45, 7) is 7.81. The third-order valence-corrected chi connectivity index (χ3v) is 2.87. The highest BCUT2D eigenvalue weighted by Gasteiger charge is 2.20. The Bertz CT molecular complexity index is 242. The van der Waals surface area contributed by atoms with E-state index >= 15 is 0 Å². The second-order valence-electron chi connectivity index (χ2n) is 6.17. The summed E-state index contributed by atoms with van der Waals surface area (Å²) in [6.07, 6.45) is 3.58. The lowest BCUT2D eigenvalue weighted by Crippen LogP contribution is -2.40. The van der Waals surface area contributed by atoms with E-state index in [4.69, 9.17) is 10.5 Å². The summed E-state index contributed by atoms with van der Waals surface area (Å²) in [5.74, 6) is 0.0567. The minimum Gasteiger partial charge on any atom is -0.378 e. The molecule has 1 amide bonds. The van der Waals surface area contributed by atoms with Gasteiger partial charge in [-0.25, -0.2) is 0 Å². The van der Waals surface area contributed by atoms with Gasteiger partial charge in [-0.05, 0) is 24.7 Å². The SMILES string of the molecule is CC(C)(C)CC(N)CNC(=O)CC1CCCO1. The molecule has 17 heavy (non-hydrogen) atoms. The van der Waals surface area contributed by atoms with E-state index in [2.05, 4.69) is 26.1 Å². The molecule has 2 atom stereocenters. The zero-order chi connectivity index (χ0) is 12.9. The molecule has 0 bridgehead atoms. The summed E-state index contributed by atoms with van der Waals surface area (Å²) >= 11 is 0. The second kappa shape index (κ2) is 6.36. The monoisotopic (exact) mass is 242 g/mol. The van der Waals surface area contributed by atoms with Crippen LogP contribution in [0.15, 0.2) is 0 Å². The number of hydrogen-bond acceptors (Lipinski definition) is 3. The molecule has 1 saturated heterocycles. The molecule has 4 heteroatoms. The molecule has 100 valence electrons. The first-order valence-corrected chi connectivity index (χ1v) is 6.51. The van der Waals surface area contributed by atoms with Crippen molar-refractivity contribution >= 4 is 5.91 Å². The second-order valence-corrected chi connectivity index (χ2v) is 6.17. The van der Waals surface area contributed by atoms with Crippen LogP contribution in [0.3, 0.4) is 0 Å². The lowest BCUT2D eigenvalue weighted by Gasteiger charge is -2.23. The van der Waals surface area contributed by atoms with E-state index in [1.54, 1.807) is 0 Å². The third-order valence-electron chi connectivity index (χ3n) is 2.87. The molecule has 0 aromatic carbocycles. The molecule has 1 aliphatic heterocycles. The maximum atomic E-state index is 11.6. The van der Waals surface area contributed by atoms with E-state index in [9.17, 15) is 4.79 Å². The van der Waals surface area contributed by atoms with Crippen molar-refractivity contribution in [3.8, 4) is 0 Å². The Morgan fingerprint density at radius 3 is 2.76 bits per heavy atom. The Kier molecular flexibility index (Phi) is 5.40. The molecule has 0 aliphatic carbocycles. The molecule has 0 aromatic heterocycles. The molecule has 3 N–H and O–H groups in total. The summed E-state index contributed by atoms with van der Waals surface area (Å²) in [5, 5.41) is 2.89. The van der Waals surface area contributed by atoms with E-state index in [1.165, 1.54) is 0 Å². The first-order valence-electron chi connectivity index (χ1n) is 6.51. The minimum atomic E-state index is 0.0310. The zero-order valence-electron chi connectivity index (χ0n) is 11.3. The molecule has 0 radical (unpaired) electrons. The van der Waals surface area contributed by atoms with Crippen LogP contribution in [0.5, 0.6) is 0 Å². The normalized spacial score (nSPS) is 22.5. The molecule has 0 spiro atoms. The van der Waals surface area contributed by atoms with Crippen LogP contribution in [0.1, 0.15) is 46.5 Å². The van der Waals surface area contributed by atoms with Crippen LogP contribution >= 0.6 is 0 Å². The number of nitrogens with two attached hydrogens (primary N) is 1. The lowest BCUT2D eigenvalue weighted by molar-refractivity contribution is -0.123. The van der Waals surface area contributed by atoms with Gasteiger partial charge in [-0.3, -0.25) is 4.79 Å². The van der Waals surface area contributed by atoms with Gasteiger partial charge in [-0.15, -0.1) is 0 Å². The fourth-order valence-electron chi connectivity index (χ4n) is 2.19. The maximum Gasteiger partial charge on any atom is 0.222 e. The molecule has 1 heterocycles. The molecular weight excluding hydrogens is 216 g/mol. The number of carbonyl (C=O) groups excluding carboxylic acids is 1.